The molecule has 2 heterocycles. The fourth-order valence-electron chi connectivity index (χ4n) is 2.55. The van der Waals surface area contributed by atoms with Gasteiger partial charge in [0.1, 0.15) is 0 Å². The van der Waals surface area contributed by atoms with Gasteiger partial charge in [0.05, 0.1) is 10.6 Å². The number of nitro groups is 1. The van der Waals surface area contributed by atoms with Crippen LogP contribution in [0.1, 0.15) is 23.3 Å². The summed E-state index contributed by atoms with van der Waals surface area (Å²) in [4.78, 5) is 22.4. The topological polar surface area (TPSA) is 102 Å². The highest BCUT2D eigenvalue weighted by molar-refractivity contribution is 5.92. The van der Waals surface area contributed by atoms with Crippen LogP contribution in [0, 0.1) is 10.1 Å². The molecule has 120 valence electrons. The lowest BCUT2D eigenvalue weighted by molar-refractivity contribution is -0.384. The minimum Gasteiger partial charge on any atom is -0.347 e. The summed E-state index contributed by atoms with van der Waals surface area (Å²) < 4.78 is 1.53. The number of nitrogens with zero attached hydrogens (tertiary/aromatic N) is 3. The van der Waals surface area contributed by atoms with Crippen molar-refractivity contribution in [2.45, 2.75) is 18.9 Å². The van der Waals surface area contributed by atoms with Crippen molar-refractivity contribution in [3.8, 4) is 5.69 Å². The number of nitro benzene ring substituents is 1. The Bertz CT molecular complexity index is 704. The molecule has 3 rings (SSSR count). The molecule has 1 aromatic heterocycles. The molecule has 0 spiro atoms. The van der Waals surface area contributed by atoms with E-state index in [1.807, 2.05) is 0 Å². The second-order valence-electron chi connectivity index (χ2n) is 5.44. The molecular weight excluding hydrogens is 298 g/mol. The standard InChI is InChI=1S/C15H17N5O3/c21-15(17-11-2-1-8-16-10-11)14-7-9-19(18-14)12-3-5-13(6-4-12)20(22)23/h3-7,9,11,16H,1-2,8,10H2,(H,17,21). The van der Waals surface area contributed by atoms with Gasteiger partial charge in [0.15, 0.2) is 5.69 Å². The number of hydrogen-bond donors (Lipinski definition) is 2. The van der Waals surface area contributed by atoms with Crippen molar-refractivity contribution in [3.05, 3.63) is 52.3 Å². The van der Waals surface area contributed by atoms with Gasteiger partial charge in [0, 0.05) is 30.9 Å². The normalized spacial score (nSPS) is 17.7. The highest BCUT2D eigenvalue weighted by Gasteiger charge is 2.18. The number of carbonyl (C=O) groups is 1. The number of amides is 1. The summed E-state index contributed by atoms with van der Waals surface area (Å²) in [6.45, 7) is 1.76. The first-order valence-corrected chi connectivity index (χ1v) is 7.45. The third-order valence-electron chi connectivity index (χ3n) is 3.78. The van der Waals surface area contributed by atoms with Crippen LogP contribution in [-0.4, -0.2) is 39.7 Å². The zero-order chi connectivity index (χ0) is 16.2. The van der Waals surface area contributed by atoms with E-state index in [9.17, 15) is 14.9 Å². The van der Waals surface area contributed by atoms with Gasteiger partial charge in [0.2, 0.25) is 0 Å². The maximum atomic E-state index is 12.2. The molecule has 1 atom stereocenters. The number of nitrogens with one attached hydrogen (secondary N) is 2. The van der Waals surface area contributed by atoms with Crippen molar-refractivity contribution in [1.82, 2.24) is 20.4 Å². The third-order valence-corrected chi connectivity index (χ3v) is 3.78. The highest BCUT2D eigenvalue weighted by Crippen LogP contribution is 2.15. The quantitative estimate of drug-likeness (QED) is 0.653. The fraction of sp³-hybridized carbons (Fsp3) is 0.333. The molecule has 1 saturated heterocycles. The van der Waals surface area contributed by atoms with E-state index in [0.29, 0.717) is 11.4 Å². The molecule has 8 heteroatoms. The third kappa shape index (κ3) is 3.54. The fourth-order valence-corrected chi connectivity index (χ4v) is 2.55. The molecule has 2 aromatic rings. The Kier molecular flexibility index (Phi) is 4.33. The lowest BCUT2D eigenvalue weighted by atomic mass is 10.1. The summed E-state index contributed by atoms with van der Waals surface area (Å²) in [6.07, 6.45) is 3.67. The summed E-state index contributed by atoms with van der Waals surface area (Å²) >= 11 is 0. The first kappa shape index (κ1) is 15.2. The minimum absolute atomic E-state index is 0.0173. The van der Waals surface area contributed by atoms with Crippen molar-refractivity contribution < 1.29 is 9.72 Å². The van der Waals surface area contributed by atoms with Gasteiger partial charge in [-0.3, -0.25) is 14.9 Å². The van der Waals surface area contributed by atoms with Crippen LogP contribution in [0.2, 0.25) is 0 Å². The Labute approximate surface area is 132 Å². The molecule has 1 amide bonds. The zero-order valence-electron chi connectivity index (χ0n) is 12.4. The molecule has 1 aliphatic rings. The van der Waals surface area contributed by atoms with Crippen molar-refractivity contribution >= 4 is 11.6 Å². The molecule has 8 nitrogen and oxygen atoms in total. The Morgan fingerprint density at radius 3 is 2.78 bits per heavy atom. The molecule has 1 aliphatic heterocycles. The second-order valence-corrected chi connectivity index (χ2v) is 5.44. The van der Waals surface area contributed by atoms with E-state index in [1.54, 1.807) is 24.4 Å². The van der Waals surface area contributed by atoms with Crippen molar-refractivity contribution in [2.75, 3.05) is 13.1 Å². The van der Waals surface area contributed by atoms with E-state index in [1.165, 1.54) is 16.8 Å². The number of rotatable bonds is 4. The number of hydrogen-bond acceptors (Lipinski definition) is 5. The van der Waals surface area contributed by atoms with Crippen LogP contribution in [0.5, 0.6) is 0 Å². The monoisotopic (exact) mass is 315 g/mol. The molecule has 0 aliphatic carbocycles. The second kappa shape index (κ2) is 6.57. The molecule has 2 N–H and O–H groups in total. The molecule has 1 unspecified atom stereocenters. The SMILES string of the molecule is O=C(NC1CCCNC1)c1ccn(-c2ccc([N+](=O)[O-])cc2)n1. The Morgan fingerprint density at radius 2 is 2.13 bits per heavy atom. The van der Waals surface area contributed by atoms with Gasteiger partial charge in [-0.2, -0.15) is 5.10 Å². The summed E-state index contributed by atoms with van der Waals surface area (Å²) in [5.74, 6) is -0.209. The molecule has 0 saturated carbocycles. The van der Waals surface area contributed by atoms with E-state index >= 15 is 0 Å². The van der Waals surface area contributed by atoms with E-state index in [0.717, 1.165) is 25.9 Å². The van der Waals surface area contributed by atoms with Crippen LogP contribution in [0.25, 0.3) is 5.69 Å². The number of carbonyl (C=O) groups excluding carboxylic acids is 1. The average molecular weight is 315 g/mol. The molecule has 23 heavy (non-hydrogen) atoms. The summed E-state index contributed by atoms with van der Waals surface area (Å²) in [5, 5.41) is 21.1. The maximum absolute atomic E-state index is 12.2. The van der Waals surface area contributed by atoms with Gasteiger partial charge >= 0.3 is 0 Å². The summed E-state index contributed by atoms with van der Waals surface area (Å²) in [7, 11) is 0. The Morgan fingerprint density at radius 1 is 1.35 bits per heavy atom. The molecular formula is C15H17N5O3. The van der Waals surface area contributed by atoms with Gasteiger partial charge in [-0.25, -0.2) is 4.68 Å². The van der Waals surface area contributed by atoms with Crippen LogP contribution < -0.4 is 10.6 Å². The van der Waals surface area contributed by atoms with Gasteiger partial charge in [-0.05, 0) is 37.6 Å². The van der Waals surface area contributed by atoms with Crippen molar-refractivity contribution in [3.63, 3.8) is 0 Å². The molecule has 1 fully saturated rings. The van der Waals surface area contributed by atoms with Crippen LogP contribution in [0.4, 0.5) is 5.69 Å². The molecule has 1 aromatic carbocycles. The smallest absolute Gasteiger partial charge is 0.272 e. The van der Waals surface area contributed by atoms with Gasteiger partial charge < -0.3 is 10.6 Å². The number of benzene rings is 1. The number of piperidine rings is 1. The van der Waals surface area contributed by atoms with Crippen molar-refractivity contribution in [1.29, 1.82) is 0 Å². The van der Waals surface area contributed by atoms with Crippen molar-refractivity contribution in [2.24, 2.45) is 0 Å². The molecule has 0 radical (unpaired) electrons. The first-order chi connectivity index (χ1) is 11.1. The van der Waals surface area contributed by atoms with Gasteiger partial charge in [-0.1, -0.05) is 0 Å². The average Bonchev–Trinajstić information content (AvgIpc) is 3.06. The summed E-state index contributed by atoms with van der Waals surface area (Å²) in [6, 6.07) is 7.76. The highest BCUT2D eigenvalue weighted by atomic mass is 16.6. The first-order valence-electron chi connectivity index (χ1n) is 7.45. The largest absolute Gasteiger partial charge is 0.347 e. The Hall–Kier alpha value is -2.74. The van der Waals surface area contributed by atoms with Crippen LogP contribution in [0.3, 0.4) is 0 Å². The molecule has 0 bridgehead atoms. The van der Waals surface area contributed by atoms with Crippen LogP contribution in [-0.2, 0) is 0 Å². The van der Waals surface area contributed by atoms with E-state index in [4.69, 9.17) is 0 Å². The number of aromatic nitrogens is 2. The van der Waals surface area contributed by atoms with E-state index in [2.05, 4.69) is 15.7 Å². The minimum atomic E-state index is -0.454. The summed E-state index contributed by atoms with van der Waals surface area (Å²) in [5.41, 5.74) is 1.01. The predicted molar refractivity (Wildman–Crippen MR) is 83.6 cm³/mol. The van der Waals surface area contributed by atoms with Crippen LogP contribution >= 0.6 is 0 Å². The number of non-ortho nitro benzene ring substituents is 1. The van der Waals surface area contributed by atoms with E-state index < -0.39 is 4.92 Å². The van der Waals surface area contributed by atoms with Crippen LogP contribution in [0.15, 0.2) is 36.5 Å². The lowest BCUT2D eigenvalue weighted by Gasteiger charge is -2.23. The maximum Gasteiger partial charge on any atom is 0.272 e. The zero-order valence-corrected chi connectivity index (χ0v) is 12.4. The van der Waals surface area contributed by atoms with Gasteiger partial charge in [0.25, 0.3) is 11.6 Å². The van der Waals surface area contributed by atoms with Gasteiger partial charge in [-0.15, -0.1) is 0 Å². The van der Waals surface area contributed by atoms with E-state index in [-0.39, 0.29) is 17.6 Å². The Balaban J connectivity index is 1.69. The predicted octanol–water partition coefficient (Wildman–Crippen LogP) is 1.26. The lowest BCUT2D eigenvalue weighted by Crippen LogP contribution is -2.45.